The monoisotopic (exact) mass is 220 g/mol. The fourth-order valence-corrected chi connectivity index (χ4v) is 3.44. The molecule has 0 radical (unpaired) electrons. The van der Waals surface area contributed by atoms with Crippen LogP contribution in [0.4, 0.5) is 0 Å². The molecule has 15 heavy (non-hydrogen) atoms. The summed E-state index contributed by atoms with van der Waals surface area (Å²) in [4.78, 5) is 0. The van der Waals surface area contributed by atoms with Crippen LogP contribution in [0.15, 0.2) is 30.9 Å². The van der Waals surface area contributed by atoms with E-state index in [0.29, 0.717) is 0 Å². The molecular formula is C13H20OSi. The third kappa shape index (κ3) is 2.96. The Bertz CT molecular complexity index is 350. The first-order chi connectivity index (χ1) is 6.99. The molecule has 0 aliphatic rings. The molecule has 0 saturated carbocycles. The largest absolute Gasteiger partial charge is 0.497 e. The van der Waals surface area contributed by atoms with Gasteiger partial charge in [-0.05, 0) is 24.1 Å². The van der Waals surface area contributed by atoms with Crippen LogP contribution < -0.4 is 9.92 Å². The van der Waals surface area contributed by atoms with E-state index < -0.39 is 8.07 Å². The van der Waals surface area contributed by atoms with Crippen molar-refractivity contribution in [2.45, 2.75) is 26.1 Å². The minimum atomic E-state index is -1.29. The molecule has 0 amide bonds. The molecule has 1 rings (SSSR count). The second-order valence-electron chi connectivity index (χ2n) is 4.77. The maximum absolute atomic E-state index is 5.28. The highest BCUT2D eigenvalue weighted by molar-refractivity contribution is 6.89. The van der Waals surface area contributed by atoms with E-state index >= 15 is 0 Å². The van der Waals surface area contributed by atoms with Crippen LogP contribution in [-0.4, -0.2) is 15.2 Å². The van der Waals surface area contributed by atoms with Crippen LogP contribution in [0.3, 0.4) is 0 Å². The van der Waals surface area contributed by atoms with Crippen molar-refractivity contribution in [2.24, 2.45) is 0 Å². The van der Waals surface area contributed by atoms with Crippen molar-refractivity contribution in [1.29, 1.82) is 0 Å². The van der Waals surface area contributed by atoms with Gasteiger partial charge in [0.05, 0.1) is 15.2 Å². The van der Waals surface area contributed by atoms with E-state index in [2.05, 4.69) is 38.4 Å². The summed E-state index contributed by atoms with van der Waals surface area (Å²) in [6.07, 6.45) is 2.91. The van der Waals surface area contributed by atoms with E-state index in [1.165, 1.54) is 10.8 Å². The zero-order chi connectivity index (χ0) is 11.5. The van der Waals surface area contributed by atoms with Gasteiger partial charge in [0.25, 0.3) is 0 Å². The van der Waals surface area contributed by atoms with Gasteiger partial charge in [-0.1, -0.05) is 37.0 Å². The van der Waals surface area contributed by atoms with Crippen molar-refractivity contribution >= 4 is 13.3 Å². The molecule has 0 aromatic heterocycles. The Morgan fingerprint density at radius 3 is 2.47 bits per heavy atom. The number of rotatable bonds is 4. The average Bonchev–Trinajstić information content (AvgIpc) is 2.17. The smallest absolute Gasteiger partial charge is 0.118 e. The lowest BCUT2D eigenvalue weighted by atomic mass is 10.1. The first-order valence-corrected chi connectivity index (χ1v) is 8.77. The molecule has 2 heteroatoms. The van der Waals surface area contributed by atoms with Gasteiger partial charge in [-0.2, -0.15) is 0 Å². The lowest BCUT2D eigenvalue weighted by Crippen LogP contribution is -2.40. The number of allylic oxidation sites excluding steroid dienone is 1. The second-order valence-corrected chi connectivity index (χ2v) is 9.80. The second kappa shape index (κ2) is 4.66. The van der Waals surface area contributed by atoms with Crippen molar-refractivity contribution < 1.29 is 4.74 Å². The topological polar surface area (TPSA) is 9.23 Å². The number of hydrogen-bond acceptors (Lipinski definition) is 1. The Hall–Kier alpha value is -1.02. The minimum absolute atomic E-state index is 0.948. The molecule has 0 unspecified atom stereocenters. The van der Waals surface area contributed by atoms with Gasteiger partial charge >= 0.3 is 0 Å². The Morgan fingerprint density at radius 1 is 1.33 bits per heavy atom. The molecular weight excluding hydrogens is 200 g/mol. The van der Waals surface area contributed by atoms with E-state index in [0.717, 1.165) is 12.2 Å². The Balaban J connectivity index is 3.22. The number of benzene rings is 1. The van der Waals surface area contributed by atoms with Crippen LogP contribution in [-0.2, 0) is 6.42 Å². The summed E-state index contributed by atoms with van der Waals surface area (Å²) in [5.41, 5.74) is 1.39. The Morgan fingerprint density at radius 2 is 2.00 bits per heavy atom. The first kappa shape index (κ1) is 12.0. The number of ether oxygens (including phenoxy) is 1. The van der Waals surface area contributed by atoms with E-state index in [-0.39, 0.29) is 0 Å². The number of hydrogen-bond donors (Lipinski definition) is 0. The molecule has 82 valence electrons. The Labute approximate surface area is 93.8 Å². The first-order valence-electron chi connectivity index (χ1n) is 5.27. The van der Waals surface area contributed by atoms with Crippen molar-refractivity contribution in [3.63, 3.8) is 0 Å². The molecule has 0 atom stereocenters. The molecule has 0 bridgehead atoms. The normalized spacial score (nSPS) is 11.2. The summed E-state index contributed by atoms with van der Waals surface area (Å²) in [7, 11) is 0.428. The van der Waals surface area contributed by atoms with Gasteiger partial charge in [0, 0.05) is 0 Å². The van der Waals surface area contributed by atoms with E-state index in [9.17, 15) is 0 Å². The maximum atomic E-state index is 5.28. The zero-order valence-corrected chi connectivity index (χ0v) is 11.1. The zero-order valence-electron chi connectivity index (χ0n) is 10.1. The highest BCUT2D eigenvalue weighted by Crippen LogP contribution is 2.15. The third-order valence-electron chi connectivity index (χ3n) is 2.49. The molecule has 1 aromatic rings. The molecule has 1 aromatic carbocycles. The van der Waals surface area contributed by atoms with Crippen LogP contribution in [0.2, 0.25) is 19.6 Å². The van der Waals surface area contributed by atoms with Crippen LogP contribution in [0.25, 0.3) is 0 Å². The van der Waals surface area contributed by atoms with Crippen molar-refractivity contribution in [1.82, 2.24) is 0 Å². The SMILES string of the molecule is C=CCc1ccc(OC)cc1[Si](C)(C)C. The molecule has 0 fully saturated rings. The minimum Gasteiger partial charge on any atom is -0.497 e. The summed E-state index contributed by atoms with van der Waals surface area (Å²) in [6.45, 7) is 10.9. The fourth-order valence-electron chi connectivity index (χ4n) is 1.71. The van der Waals surface area contributed by atoms with Gasteiger partial charge in [-0.15, -0.1) is 6.58 Å². The molecule has 0 aliphatic heterocycles. The van der Waals surface area contributed by atoms with Crippen molar-refractivity contribution in [2.75, 3.05) is 7.11 Å². The van der Waals surface area contributed by atoms with Crippen LogP contribution >= 0.6 is 0 Å². The van der Waals surface area contributed by atoms with Crippen LogP contribution in [0.1, 0.15) is 5.56 Å². The van der Waals surface area contributed by atoms with Crippen molar-refractivity contribution in [3.8, 4) is 5.75 Å². The summed E-state index contributed by atoms with van der Waals surface area (Å²) in [5, 5.41) is 1.47. The van der Waals surface area contributed by atoms with Gasteiger partial charge in [0.2, 0.25) is 0 Å². The summed E-state index contributed by atoms with van der Waals surface area (Å²) < 4.78 is 5.28. The molecule has 0 heterocycles. The fraction of sp³-hybridized carbons (Fsp3) is 0.385. The molecule has 0 saturated heterocycles. The maximum Gasteiger partial charge on any atom is 0.118 e. The van der Waals surface area contributed by atoms with Crippen LogP contribution in [0.5, 0.6) is 5.75 Å². The van der Waals surface area contributed by atoms with Crippen molar-refractivity contribution in [3.05, 3.63) is 36.4 Å². The summed E-state index contributed by atoms with van der Waals surface area (Å²) >= 11 is 0. The molecule has 0 spiro atoms. The van der Waals surface area contributed by atoms with E-state index in [4.69, 9.17) is 4.74 Å². The van der Waals surface area contributed by atoms with Gasteiger partial charge in [-0.3, -0.25) is 0 Å². The van der Waals surface area contributed by atoms with Gasteiger partial charge in [0.1, 0.15) is 5.75 Å². The lowest BCUT2D eigenvalue weighted by molar-refractivity contribution is 0.415. The molecule has 0 aliphatic carbocycles. The van der Waals surface area contributed by atoms with Gasteiger partial charge < -0.3 is 4.74 Å². The lowest BCUT2D eigenvalue weighted by Gasteiger charge is -2.21. The van der Waals surface area contributed by atoms with E-state index in [1.807, 2.05) is 12.1 Å². The van der Waals surface area contributed by atoms with Gasteiger partial charge in [-0.25, -0.2) is 0 Å². The highest BCUT2D eigenvalue weighted by atomic mass is 28.3. The summed E-state index contributed by atoms with van der Waals surface area (Å²) in [6, 6.07) is 6.38. The average molecular weight is 220 g/mol. The number of methoxy groups -OCH3 is 1. The quantitative estimate of drug-likeness (QED) is 0.560. The van der Waals surface area contributed by atoms with Crippen LogP contribution in [0, 0.1) is 0 Å². The highest BCUT2D eigenvalue weighted by Gasteiger charge is 2.20. The predicted molar refractivity (Wildman–Crippen MR) is 69.9 cm³/mol. The van der Waals surface area contributed by atoms with Gasteiger partial charge in [0.15, 0.2) is 0 Å². The Kier molecular flexibility index (Phi) is 3.75. The van der Waals surface area contributed by atoms with E-state index in [1.54, 1.807) is 7.11 Å². The molecule has 0 N–H and O–H groups in total. The third-order valence-corrected chi connectivity index (χ3v) is 4.57. The predicted octanol–water partition coefficient (Wildman–Crippen LogP) is 2.97. The molecule has 1 nitrogen and oxygen atoms in total. The summed E-state index contributed by atoms with van der Waals surface area (Å²) in [5.74, 6) is 0.959. The standard InChI is InChI=1S/C13H20OSi/c1-6-7-11-8-9-12(14-2)10-13(11)15(3,4)5/h6,8-10H,1,7H2,2-5H3.